The van der Waals surface area contributed by atoms with Crippen molar-refractivity contribution in [1.29, 1.82) is 0 Å². The van der Waals surface area contributed by atoms with E-state index in [1.807, 2.05) is 11.8 Å². The Morgan fingerprint density at radius 1 is 1.25 bits per heavy atom. The maximum absolute atomic E-state index is 11.8. The second-order valence-corrected chi connectivity index (χ2v) is 7.21. The minimum atomic E-state index is 0.169. The third-order valence-corrected chi connectivity index (χ3v) is 5.70. The van der Waals surface area contributed by atoms with Crippen LogP contribution in [0.25, 0.3) is 0 Å². The number of aromatic nitrogens is 1. The minimum Gasteiger partial charge on any atom is -0.447 e. The van der Waals surface area contributed by atoms with Crippen molar-refractivity contribution in [3.8, 4) is 6.08 Å². The van der Waals surface area contributed by atoms with E-state index in [0.717, 1.165) is 56.4 Å². The molecule has 6 nitrogen and oxygen atoms in total. The molecule has 1 aliphatic carbocycles. The first kappa shape index (κ1) is 15.9. The van der Waals surface area contributed by atoms with E-state index in [1.165, 1.54) is 19.3 Å². The molecule has 3 heterocycles. The maximum Gasteiger partial charge on any atom is 0.394 e. The van der Waals surface area contributed by atoms with Crippen molar-refractivity contribution in [2.75, 3.05) is 19.6 Å². The lowest BCUT2D eigenvalue weighted by molar-refractivity contribution is -0.132. The summed E-state index contributed by atoms with van der Waals surface area (Å²) >= 11 is 0. The molecule has 1 saturated carbocycles. The Morgan fingerprint density at radius 3 is 2.71 bits per heavy atom. The molecule has 0 bridgehead atoms. The Labute approximate surface area is 143 Å². The fourth-order valence-corrected chi connectivity index (χ4v) is 3.91. The van der Waals surface area contributed by atoms with E-state index < -0.39 is 0 Å². The number of likely N-dealkylation sites (tertiary alicyclic amines) is 1. The van der Waals surface area contributed by atoms with Gasteiger partial charge in [0.05, 0.1) is 12.2 Å². The number of fused-ring (bicyclic) bond motifs is 1. The third-order valence-electron chi connectivity index (χ3n) is 5.70. The van der Waals surface area contributed by atoms with Gasteiger partial charge in [-0.2, -0.15) is 4.98 Å². The molecule has 0 spiro atoms. The van der Waals surface area contributed by atoms with E-state index in [-0.39, 0.29) is 12.0 Å². The Bertz CT molecular complexity index is 588. The molecule has 0 unspecified atom stereocenters. The zero-order valence-corrected chi connectivity index (χ0v) is 14.5. The number of rotatable bonds is 4. The first-order valence-electron chi connectivity index (χ1n) is 9.40. The Balaban J connectivity index is 1.32. The lowest BCUT2D eigenvalue weighted by Gasteiger charge is -2.41. The van der Waals surface area contributed by atoms with E-state index in [4.69, 9.17) is 9.15 Å². The van der Waals surface area contributed by atoms with Gasteiger partial charge in [0.15, 0.2) is 5.76 Å². The van der Waals surface area contributed by atoms with Crippen LogP contribution < -0.4 is 4.74 Å². The molecule has 0 aromatic carbocycles. The minimum absolute atomic E-state index is 0.169. The van der Waals surface area contributed by atoms with Gasteiger partial charge in [0.2, 0.25) is 5.91 Å². The van der Waals surface area contributed by atoms with Gasteiger partial charge in [-0.1, -0.05) is 13.3 Å². The molecule has 1 aromatic heterocycles. The monoisotopic (exact) mass is 333 g/mol. The van der Waals surface area contributed by atoms with Crippen molar-refractivity contribution in [2.24, 2.45) is 0 Å². The number of ether oxygens (including phenoxy) is 1. The highest BCUT2D eigenvalue weighted by atomic mass is 16.6. The van der Waals surface area contributed by atoms with Crippen molar-refractivity contribution in [1.82, 2.24) is 14.8 Å². The molecule has 3 aliphatic rings. The highest BCUT2D eigenvalue weighted by molar-refractivity contribution is 5.76. The van der Waals surface area contributed by atoms with Crippen LogP contribution in [0.2, 0.25) is 0 Å². The van der Waals surface area contributed by atoms with Gasteiger partial charge >= 0.3 is 6.08 Å². The standard InChI is InChI=1S/C18H27N3O3/c1-2-17(22)21-11-8-15-16(12-21)24-18(19-15)23-14-6-9-20(10-7-14)13-4-3-5-13/h13-14H,2-12H2,1H3. The highest BCUT2D eigenvalue weighted by Gasteiger charge is 2.31. The second-order valence-electron chi connectivity index (χ2n) is 7.21. The number of hydrogen-bond donors (Lipinski definition) is 0. The van der Waals surface area contributed by atoms with Gasteiger partial charge in [-0.3, -0.25) is 4.79 Å². The summed E-state index contributed by atoms with van der Waals surface area (Å²) in [7, 11) is 0. The van der Waals surface area contributed by atoms with Gasteiger partial charge in [-0.25, -0.2) is 0 Å². The van der Waals surface area contributed by atoms with Crippen molar-refractivity contribution in [3.63, 3.8) is 0 Å². The number of hydrogen-bond acceptors (Lipinski definition) is 5. The summed E-state index contributed by atoms with van der Waals surface area (Å²) < 4.78 is 11.8. The molecule has 0 radical (unpaired) electrons. The zero-order chi connectivity index (χ0) is 16.5. The van der Waals surface area contributed by atoms with Crippen LogP contribution in [0.5, 0.6) is 6.08 Å². The molecule has 24 heavy (non-hydrogen) atoms. The fourth-order valence-electron chi connectivity index (χ4n) is 3.91. The number of oxazole rings is 1. The predicted octanol–water partition coefficient (Wildman–Crippen LogP) is 2.37. The van der Waals surface area contributed by atoms with Gasteiger partial charge in [0.25, 0.3) is 0 Å². The molecular weight excluding hydrogens is 306 g/mol. The molecule has 1 amide bonds. The van der Waals surface area contributed by atoms with Crippen LogP contribution in [0, 0.1) is 0 Å². The van der Waals surface area contributed by atoms with Gasteiger partial charge in [0, 0.05) is 38.5 Å². The van der Waals surface area contributed by atoms with Crippen LogP contribution in [0.4, 0.5) is 0 Å². The number of amides is 1. The molecule has 132 valence electrons. The fraction of sp³-hybridized carbons (Fsp3) is 0.778. The summed E-state index contributed by atoms with van der Waals surface area (Å²) in [6.45, 7) is 5.38. The third kappa shape index (κ3) is 3.16. The van der Waals surface area contributed by atoms with E-state index in [0.29, 0.717) is 19.0 Å². The Kier molecular flexibility index (Phi) is 4.48. The normalized spacial score (nSPS) is 23.0. The summed E-state index contributed by atoms with van der Waals surface area (Å²) in [4.78, 5) is 20.8. The highest BCUT2D eigenvalue weighted by Crippen LogP contribution is 2.29. The van der Waals surface area contributed by atoms with Crippen LogP contribution in [-0.4, -0.2) is 52.5 Å². The smallest absolute Gasteiger partial charge is 0.394 e. The van der Waals surface area contributed by atoms with Gasteiger partial charge < -0.3 is 19.0 Å². The van der Waals surface area contributed by atoms with Gasteiger partial charge in [-0.15, -0.1) is 0 Å². The average Bonchev–Trinajstić information content (AvgIpc) is 2.95. The topological polar surface area (TPSA) is 58.8 Å². The number of nitrogens with zero attached hydrogens (tertiary/aromatic N) is 3. The van der Waals surface area contributed by atoms with E-state index in [2.05, 4.69) is 9.88 Å². The summed E-state index contributed by atoms with van der Waals surface area (Å²) in [5.74, 6) is 0.966. The average molecular weight is 333 g/mol. The second kappa shape index (κ2) is 6.75. The molecular formula is C18H27N3O3. The van der Waals surface area contributed by atoms with Gasteiger partial charge in [0.1, 0.15) is 6.10 Å². The number of carbonyl (C=O) groups excluding carboxylic acids is 1. The lowest BCUT2D eigenvalue weighted by atomic mass is 9.90. The Hall–Kier alpha value is -1.56. The quantitative estimate of drug-likeness (QED) is 0.846. The molecule has 1 aromatic rings. The Morgan fingerprint density at radius 2 is 2.04 bits per heavy atom. The first-order chi connectivity index (χ1) is 11.7. The molecule has 6 heteroatoms. The largest absolute Gasteiger partial charge is 0.447 e. The number of carbonyl (C=O) groups is 1. The van der Waals surface area contributed by atoms with Crippen molar-refractivity contribution < 1.29 is 13.9 Å². The van der Waals surface area contributed by atoms with Crippen LogP contribution in [-0.2, 0) is 17.8 Å². The molecule has 1 saturated heterocycles. The lowest BCUT2D eigenvalue weighted by Crippen LogP contribution is -2.46. The first-order valence-corrected chi connectivity index (χ1v) is 9.40. The van der Waals surface area contributed by atoms with Crippen molar-refractivity contribution in [2.45, 2.75) is 70.6 Å². The van der Waals surface area contributed by atoms with E-state index in [9.17, 15) is 4.79 Å². The van der Waals surface area contributed by atoms with Crippen LogP contribution in [0.15, 0.2) is 4.42 Å². The van der Waals surface area contributed by atoms with E-state index >= 15 is 0 Å². The van der Waals surface area contributed by atoms with Crippen molar-refractivity contribution in [3.05, 3.63) is 11.5 Å². The summed E-state index contributed by atoms with van der Waals surface area (Å²) in [5.41, 5.74) is 0.956. The maximum atomic E-state index is 11.8. The van der Waals surface area contributed by atoms with Crippen LogP contribution in [0.1, 0.15) is 56.9 Å². The van der Waals surface area contributed by atoms with Crippen molar-refractivity contribution >= 4 is 5.91 Å². The van der Waals surface area contributed by atoms with Gasteiger partial charge in [-0.05, 0) is 25.7 Å². The SMILES string of the molecule is CCC(=O)N1CCc2nc(OC3CCN(C4CCC4)CC3)oc2C1. The summed E-state index contributed by atoms with van der Waals surface area (Å²) in [6, 6.07) is 0.821. The zero-order valence-electron chi connectivity index (χ0n) is 14.5. The van der Waals surface area contributed by atoms with Crippen LogP contribution >= 0.6 is 0 Å². The molecule has 2 fully saturated rings. The van der Waals surface area contributed by atoms with E-state index in [1.54, 1.807) is 0 Å². The molecule has 0 atom stereocenters. The predicted molar refractivity (Wildman–Crippen MR) is 88.8 cm³/mol. The molecule has 4 rings (SSSR count). The molecule has 2 aliphatic heterocycles. The van der Waals surface area contributed by atoms with Crippen LogP contribution in [0.3, 0.4) is 0 Å². The summed E-state index contributed by atoms with van der Waals surface area (Å²) in [5, 5.41) is 0. The molecule has 0 N–H and O–H groups in total. The number of piperidine rings is 1. The summed E-state index contributed by atoms with van der Waals surface area (Å²) in [6.07, 6.45) is 8.10.